The molecule has 0 aliphatic rings. The van der Waals surface area contributed by atoms with E-state index in [0.717, 1.165) is 38.5 Å². The van der Waals surface area contributed by atoms with E-state index < -0.39 is 24.3 Å². The molecule has 0 heterocycles. The highest BCUT2D eigenvalue weighted by Gasteiger charge is 2.25. The van der Waals surface area contributed by atoms with Crippen molar-refractivity contribution in [2.45, 2.75) is 129 Å². The summed E-state index contributed by atoms with van der Waals surface area (Å²) in [4.78, 5) is 36.3. The minimum absolute atomic E-state index is 0.177. The van der Waals surface area contributed by atoms with Gasteiger partial charge in [-0.25, -0.2) is 4.79 Å². The molecule has 0 spiro atoms. The van der Waals surface area contributed by atoms with Gasteiger partial charge in [-0.15, -0.1) is 0 Å². The fraction of sp³-hybridized carbons (Fsp3) is 0.900. The van der Waals surface area contributed by atoms with Gasteiger partial charge in [-0.1, -0.05) is 90.9 Å². The molecular weight excluding hydrogens is 502 g/mol. The van der Waals surface area contributed by atoms with E-state index in [1.54, 1.807) is 0 Å². The summed E-state index contributed by atoms with van der Waals surface area (Å²) in [5.74, 6) is -2.02. The lowest BCUT2D eigenvalue weighted by Crippen LogP contribution is -2.40. The topological polar surface area (TPSA) is 108 Å². The van der Waals surface area contributed by atoms with Gasteiger partial charge in [0.2, 0.25) is 0 Å². The van der Waals surface area contributed by atoms with Crippen LogP contribution in [0.3, 0.4) is 0 Å². The fourth-order valence-corrected chi connectivity index (χ4v) is 3.89. The maximum atomic E-state index is 12.4. The van der Waals surface area contributed by atoms with E-state index in [1.165, 1.54) is 51.4 Å². The lowest BCUT2D eigenvalue weighted by atomic mass is 10.1. The molecular formula is C30H58NO8+. The number of hydrogen-bond donors (Lipinski definition) is 1. The Labute approximate surface area is 237 Å². The molecule has 0 saturated carbocycles. The molecule has 39 heavy (non-hydrogen) atoms. The standard InChI is InChI=1S/C30H57NO8/c1-6-8-10-12-14-16-18-20-27(32)37-24-26(39-28(33)21-19-17-15-13-11-9-7-2)25-38-30(29(34)35)36-23-22-31(3,4)5/h26,30H,6-25H2,1-5H3/p+1. The molecule has 0 bridgehead atoms. The lowest BCUT2D eigenvalue weighted by molar-refractivity contribution is -0.870. The first-order chi connectivity index (χ1) is 18.6. The molecule has 0 radical (unpaired) electrons. The van der Waals surface area contributed by atoms with Crippen molar-refractivity contribution in [2.75, 3.05) is 47.5 Å². The van der Waals surface area contributed by atoms with Gasteiger partial charge in [0.05, 0.1) is 34.4 Å². The molecule has 9 heteroatoms. The van der Waals surface area contributed by atoms with Crippen LogP contribution >= 0.6 is 0 Å². The van der Waals surface area contributed by atoms with Crippen LogP contribution < -0.4 is 0 Å². The van der Waals surface area contributed by atoms with Crippen molar-refractivity contribution < 1.29 is 42.9 Å². The summed E-state index contributed by atoms with van der Waals surface area (Å²) in [5.41, 5.74) is 0. The molecule has 1 N–H and O–H groups in total. The van der Waals surface area contributed by atoms with E-state index in [4.69, 9.17) is 18.9 Å². The first kappa shape index (κ1) is 37.3. The summed E-state index contributed by atoms with van der Waals surface area (Å²) in [6.07, 6.45) is 13.4. The second-order valence-electron chi connectivity index (χ2n) is 11.4. The Bertz CT molecular complexity index is 635. The Hall–Kier alpha value is -1.71. The van der Waals surface area contributed by atoms with Gasteiger partial charge < -0.3 is 28.5 Å². The smallest absolute Gasteiger partial charge is 0.361 e. The predicted molar refractivity (Wildman–Crippen MR) is 152 cm³/mol. The predicted octanol–water partition coefficient (Wildman–Crippen LogP) is 5.87. The van der Waals surface area contributed by atoms with Crippen LogP contribution in [0.15, 0.2) is 0 Å². The molecule has 0 aliphatic carbocycles. The highest BCUT2D eigenvalue weighted by Crippen LogP contribution is 2.12. The van der Waals surface area contributed by atoms with Crippen molar-refractivity contribution >= 4 is 17.9 Å². The number of nitrogens with zero attached hydrogens (tertiary/aromatic N) is 1. The third kappa shape index (κ3) is 25.0. The van der Waals surface area contributed by atoms with Gasteiger partial charge in [0.15, 0.2) is 6.10 Å². The van der Waals surface area contributed by atoms with Gasteiger partial charge >= 0.3 is 17.9 Å². The number of likely N-dealkylation sites (N-methyl/N-ethyl adjacent to an activating group) is 1. The normalized spacial score (nSPS) is 13.2. The molecule has 9 nitrogen and oxygen atoms in total. The largest absolute Gasteiger partial charge is 0.477 e. The van der Waals surface area contributed by atoms with E-state index in [-0.39, 0.29) is 32.2 Å². The van der Waals surface area contributed by atoms with Crippen LogP contribution in [-0.4, -0.2) is 87.4 Å². The maximum Gasteiger partial charge on any atom is 0.361 e. The molecule has 2 atom stereocenters. The van der Waals surface area contributed by atoms with Crippen LogP contribution in [0.2, 0.25) is 0 Å². The first-order valence-corrected chi connectivity index (χ1v) is 15.2. The van der Waals surface area contributed by atoms with Crippen molar-refractivity contribution in [1.82, 2.24) is 0 Å². The van der Waals surface area contributed by atoms with Gasteiger partial charge in [-0.3, -0.25) is 9.59 Å². The van der Waals surface area contributed by atoms with E-state index >= 15 is 0 Å². The average Bonchev–Trinajstić information content (AvgIpc) is 2.87. The van der Waals surface area contributed by atoms with Crippen LogP contribution in [0.4, 0.5) is 0 Å². The second kappa shape index (κ2) is 24.1. The maximum absolute atomic E-state index is 12.4. The number of esters is 2. The molecule has 0 amide bonds. The van der Waals surface area contributed by atoms with Crippen LogP contribution in [0.5, 0.6) is 0 Å². The zero-order chi connectivity index (χ0) is 29.4. The van der Waals surface area contributed by atoms with Gasteiger partial charge in [0, 0.05) is 12.8 Å². The Morgan fingerprint density at radius 3 is 1.64 bits per heavy atom. The van der Waals surface area contributed by atoms with Crippen molar-refractivity contribution in [3.8, 4) is 0 Å². The van der Waals surface area contributed by atoms with Crippen LogP contribution in [0.25, 0.3) is 0 Å². The number of hydrogen-bond acceptors (Lipinski definition) is 7. The molecule has 0 rings (SSSR count). The molecule has 0 aliphatic heterocycles. The van der Waals surface area contributed by atoms with Gasteiger partial charge in [0.1, 0.15) is 13.2 Å². The summed E-state index contributed by atoms with van der Waals surface area (Å²) in [5, 5.41) is 9.48. The van der Waals surface area contributed by atoms with Crippen molar-refractivity contribution in [3.63, 3.8) is 0 Å². The van der Waals surface area contributed by atoms with E-state index in [2.05, 4.69) is 13.8 Å². The molecule has 0 aromatic heterocycles. The van der Waals surface area contributed by atoms with E-state index in [9.17, 15) is 19.5 Å². The SMILES string of the molecule is CCCCCCCCCC(=O)OCC(COC(OCC[N+](C)(C)C)C(=O)O)OC(=O)CCCCCCCCC. The number of carboxylic acid groups (broad SMARTS) is 1. The van der Waals surface area contributed by atoms with Gasteiger partial charge in [0.25, 0.3) is 6.29 Å². The van der Waals surface area contributed by atoms with Crippen LogP contribution in [0, 0.1) is 0 Å². The molecule has 0 fully saturated rings. The molecule has 230 valence electrons. The Morgan fingerprint density at radius 1 is 0.667 bits per heavy atom. The van der Waals surface area contributed by atoms with Crippen molar-refractivity contribution in [2.24, 2.45) is 0 Å². The van der Waals surface area contributed by atoms with Crippen LogP contribution in [-0.2, 0) is 33.3 Å². The summed E-state index contributed by atoms with van der Waals surface area (Å²) in [6, 6.07) is 0. The Balaban J connectivity index is 4.67. The number of rotatable bonds is 27. The Morgan fingerprint density at radius 2 is 1.15 bits per heavy atom. The summed E-state index contributed by atoms with van der Waals surface area (Å²) < 4.78 is 22.3. The number of quaternary nitrogens is 1. The summed E-state index contributed by atoms with van der Waals surface area (Å²) >= 11 is 0. The average molecular weight is 561 g/mol. The zero-order valence-corrected chi connectivity index (χ0v) is 25.5. The Kier molecular flexibility index (Phi) is 23.1. The van der Waals surface area contributed by atoms with Gasteiger partial charge in [-0.2, -0.15) is 0 Å². The summed E-state index contributed by atoms with van der Waals surface area (Å²) in [7, 11) is 5.92. The number of carboxylic acids is 1. The highest BCUT2D eigenvalue weighted by atomic mass is 16.7. The van der Waals surface area contributed by atoms with Crippen LogP contribution in [0.1, 0.15) is 117 Å². The summed E-state index contributed by atoms with van der Waals surface area (Å²) in [6.45, 7) is 4.73. The van der Waals surface area contributed by atoms with Crippen molar-refractivity contribution in [3.05, 3.63) is 0 Å². The zero-order valence-electron chi connectivity index (χ0n) is 25.5. The third-order valence-corrected chi connectivity index (χ3v) is 6.36. The number of carbonyl (C=O) groups excluding carboxylic acids is 2. The number of aliphatic carboxylic acids is 1. The number of ether oxygens (including phenoxy) is 4. The fourth-order valence-electron chi connectivity index (χ4n) is 3.89. The lowest BCUT2D eigenvalue weighted by Gasteiger charge is -2.25. The second-order valence-corrected chi connectivity index (χ2v) is 11.4. The first-order valence-electron chi connectivity index (χ1n) is 15.2. The number of carbonyl (C=O) groups is 3. The monoisotopic (exact) mass is 560 g/mol. The number of unbranched alkanes of at least 4 members (excludes halogenated alkanes) is 12. The molecule has 0 saturated heterocycles. The minimum atomic E-state index is -1.50. The quantitative estimate of drug-likeness (QED) is 0.0575. The molecule has 0 aromatic rings. The minimum Gasteiger partial charge on any atom is -0.477 e. The molecule has 0 aromatic carbocycles. The van der Waals surface area contributed by atoms with E-state index in [1.807, 2.05) is 21.1 Å². The molecule has 2 unspecified atom stereocenters. The van der Waals surface area contributed by atoms with E-state index in [0.29, 0.717) is 17.4 Å². The van der Waals surface area contributed by atoms with Crippen molar-refractivity contribution in [1.29, 1.82) is 0 Å². The third-order valence-electron chi connectivity index (χ3n) is 6.36. The highest BCUT2D eigenvalue weighted by molar-refractivity contribution is 5.71. The van der Waals surface area contributed by atoms with Gasteiger partial charge in [-0.05, 0) is 12.8 Å².